The predicted molar refractivity (Wildman–Crippen MR) is 96.7 cm³/mol. The topological polar surface area (TPSA) is 53.9 Å². The van der Waals surface area contributed by atoms with E-state index in [0.717, 1.165) is 23.5 Å². The minimum absolute atomic E-state index is 0.637. The Bertz CT molecular complexity index is 611. The number of nitrogens with zero attached hydrogens (tertiary/aromatic N) is 4. The Balaban J connectivity index is 1.51. The smallest absolute Gasteiger partial charge is 0.148 e. The van der Waals surface area contributed by atoms with Crippen LogP contribution in [0.25, 0.3) is 0 Å². The Morgan fingerprint density at radius 1 is 1.25 bits per heavy atom. The Morgan fingerprint density at radius 2 is 2.17 bits per heavy atom. The van der Waals surface area contributed by atoms with Crippen molar-refractivity contribution in [3.8, 4) is 0 Å². The van der Waals surface area contributed by atoms with Crippen LogP contribution < -0.4 is 5.32 Å². The summed E-state index contributed by atoms with van der Waals surface area (Å²) in [6.45, 7) is 7.70. The van der Waals surface area contributed by atoms with E-state index in [0.29, 0.717) is 18.5 Å². The quantitative estimate of drug-likeness (QED) is 0.884. The van der Waals surface area contributed by atoms with Crippen molar-refractivity contribution in [1.29, 1.82) is 0 Å². The summed E-state index contributed by atoms with van der Waals surface area (Å²) in [6, 6.07) is 8.76. The molecular formula is C19H27N5. The molecule has 1 aliphatic rings. The van der Waals surface area contributed by atoms with Crippen LogP contribution in [0.15, 0.2) is 36.7 Å². The van der Waals surface area contributed by atoms with Crippen LogP contribution in [0.3, 0.4) is 0 Å². The highest BCUT2D eigenvalue weighted by molar-refractivity contribution is 5.34. The summed E-state index contributed by atoms with van der Waals surface area (Å²) < 4.78 is 0. The van der Waals surface area contributed by atoms with Crippen molar-refractivity contribution in [2.75, 3.05) is 18.4 Å². The first-order valence-corrected chi connectivity index (χ1v) is 8.90. The summed E-state index contributed by atoms with van der Waals surface area (Å²) in [5.41, 5.74) is 2.23. The van der Waals surface area contributed by atoms with Gasteiger partial charge < -0.3 is 10.2 Å². The minimum atomic E-state index is 0.637. The van der Waals surface area contributed by atoms with Gasteiger partial charge in [-0.1, -0.05) is 6.07 Å². The van der Waals surface area contributed by atoms with Crippen molar-refractivity contribution >= 4 is 5.82 Å². The maximum Gasteiger partial charge on any atom is 0.148 e. The lowest BCUT2D eigenvalue weighted by Gasteiger charge is -2.35. The van der Waals surface area contributed by atoms with Crippen LogP contribution in [-0.4, -0.2) is 39.2 Å². The summed E-state index contributed by atoms with van der Waals surface area (Å²) >= 11 is 0. The van der Waals surface area contributed by atoms with E-state index >= 15 is 0 Å². The van der Waals surface area contributed by atoms with Gasteiger partial charge in [0, 0.05) is 31.5 Å². The van der Waals surface area contributed by atoms with Crippen molar-refractivity contribution in [1.82, 2.24) is 20.1 Å². The normalized spacial score (nSPS) is 18.7. The zero-order chi connectivity index (χ0) is 16.8. The number of aromatic nitrogens is 3. The van der Waals surface area contributed by atoms with E-state index in [-0.39, 0.29) is 0 Å². The molecule has 0 spiro atoms. The second-order valence-electron chi connectivity index (χ2n) is 6.93. The molecule has 5 nitrogen and oxygen atoms in total. The van der Waals surface area contributed by atoms with Gasteiger partial charge in [0.25, 0.3) is 0 Å². The van der Waals surface area contributed by atoms with Gasteiger partial charge in [-0.3, -0.25) is 4.98 Å². The molecule has 3 rings (SSSR count). The van der Waals surface area contributed by atoms with Crippen LogP contribution in [-0.2, 0) is 13.0 Å². The zero-order valence-electron chi connectivity index (χ0n) is 14.7. The standard InChI is InChI=1S/C19H27N5/c1-15(2)24-10-4-6-16(14-24)11-18-7-8-19(23-22-18)21-13-17-5-3-9-20-12-17/h3,5,7-9,12,15-16H,4,6,10-11,13-14H2,1-2H3,(H,21,23)/t16-/m1/s1. The van der Waals surface area contributed by atoms with E-state index in [4.69, 9.17) is 0 Å². The molecular weight excluding hydrogens is 298 g/mol. The molecule has 1 N–H and O–H groups in total. The van der Waals surface area contributed by atoms with E-state index in [9.17, 15) is 0 Å². The van der Waals surface area contributed by atoms with Gasteiger partial charge in [0.2, 0.25) is 0 Å². The third kappa shape index (κ3) is 4.74. The summed E-state index contributed by atoms with van der Waals surface area (Å²) in [5, 5.41) is 12.0. The Kier molecular flexibility index (Phi) is 5.75. The average Bonchev–Trinajstić information content (AvgIpc) is 2.62. The third-order valence-corrected chi connectivity index (χ3v) is 4.69. The summed E-state index contributed by atoms with van der Waals surface area (Å²) in [7, 11) is 0. The molecule has 1 atom stereocenters. The summed E-state index contributed by atoms with van der Waals surface area (Å²) in [5.74, 6) is 1.51. The van der Waals surface area contributed by atoms with Crippen molar-refractivity contribution in [3.05, 3.63) is 47.9 Å². The molecule has 1 aliphatic heterocycles. The lowest BCUT2D eigenvalue weighted by atomic mass is 9.92. The van der Waals surface area contributed by atoms with Crippen LogP contribution in [0.5, 0.6) is 0 Å². The van der Waals surface area contributed by atoms with Gasteiger partial charge in [0.05, 0.1) is 5.69 Å². The first-order chi connectivity index (χ1) is 11.7. The largest absolute Gasteiger partial charge is 0.364 e. The molecule has 0 aromatic carbocycles. The van der Waals surface area contributed by atoms with Crippen LogP contribution in [0.2, 0.25) is 0 Å². The highest BCUT2D eigenvalue weighted by Gasteiger charge is 2.22. The van der Waals surface area contributed by atoms with Crippen molar-refractivity contribution in [2.24, 2.45) is 5.92 Å². The molecule has 0 radical (unpaired) electrons. The number of nitrogens with one attached hydrogen (secondary N) is 1. The number of anilines is 1. The highest BCUT2D eigenvalue weighted by Crippen LogP contribution is 2.21. The van der Waals surface area contributed by atoms with Crippen molar-refractivity contribution in [2.45, 2.75) is 45.7 Å². The maximum absolute atomic E-state index is 4.41. The third-order valence-electron chi connectivity index (χ3n) is 4.69. The first kappa shape index (κ1) is 16.8. The van der Waals surface area contributed by atoms with Gasteiger partial charge in [-0.2, -0.15) is 5.10 Å². The number of likely N-dealkylation sites (tertiary alicyclic amines) is 1. The van der Waals surface area contributed by atoms with Gasteiger partial charge in [0.1, 0.15) is 5.82 Å². The number of rotatable bonds is 6. The molecule has 128 valence electrons. The first-order valence-electron chi connectivity index (χ1n) is 8.90. The second kappa shape index (κ2) is 8.20. The Labute approximate surface area is 144 Å². The SMILES string of the molecule is CC(C)N1CCC[C@H](Cc2ccc(NCc3cccnc3)nn2)C1. The molecule has 1 saturated heterocycles. The van der Waals surface area contributed by atoms with E-state index in [2.05, 4.69) is 45.3 Å². The second-order valence-corrected chi connectivity index (χ2v) is 6.93. The molecule has 2 aromatic rings. The maximum atomic E-state index is 4.41. The average molecular weight is 325 g/mol. The van der Waals surface area contributed by atoms with Gasteiger partial charge in [-0.15, -0.1) is 5.10 Å². The van der Waals surface area contributed by atoms with E-state index in [1.54, 1.807) is 6.20 Å². The van der Waals surface area contributed by atoms with Gasteiger partial charge in [-0.25, -0.2) is 0 Å². The fourth-order valence-electron chi connectivity index (χ4n) is 3.29. The molecule has 0 aliphatic carbocycles. The van der Waals surface area contributed by atoms with Gasteiger partial charge in [-0.05, 0) is 69.3 Å². The molecule has 3 heterocycles. The van der Waals surface area contributed by atoms with E-state index < -0.39 is 0 Å². The number of hydrogen-bond acceptors (Lipinski definition) is 5. The lowest BCUT2D eigenvalue weighted by molar-refractivity contribution is 0.139. The predicted octanol–water partition coefficient (Wildman–Crippen LogP) is 3.15. The van der Waals surface area contributed by atoms with Crippen LogP contribution in [0, 0.1) is 5.92 Å². The summed E-state index contributed by atoms with van der Waals surface area (Å²) in [4.78, 5) is 6.69. The van der Waals surface area contributed by atoms with E-state index in [1.165, 1.54) is 25.9 Å². The molecule has 5 heteroatoms. The highest BCUT2D eigenvalue weighted by atomic mass is 15.2. The van der Waals surface area contributed by atoms with Gasteiger partial charge in [0.15, 0.2) is 0 Å². The van der Waals surface area contributed by atoms with Crippen LogP contribution in [0.1, 0.15) is 37.9 Å². The van der Waals surface area contributed by atoms with E-state index in [1.807, 2.05) is 24.4 Å². The monoisotopic (exact) mass is 325 g/mol. The van der Waals surface area contributed by atoms with Crippen molar-refractivity contribution < 1.29 is 0 Å². The fraction of sp³-hybridized carbons (Fsp3) is 0.526. The summed E-state index contributed by atoms with van der Waals surface area (Å²) in [6.07, 6.45) is 7.26. The molecule has 0 amide bonds. The number of pyridine rings is 1. The molecule has 0 saturated carbocycles. The molecule has 2 aromatic heterocycles. The molecule has 0 bridgehead atoms. The molecule has 0 unspecified atom stereocenters. The van der Waals surface area contributed by atoms with Gasteiger partial charge >= 0.3 is 0 Å². The lowest BCUT2D eigenvalue weighted by Crippen LogP contribution is -2.40. The van der Waals surface area contributed by atoms with Crippen molar-refractivity contribution in [3.63, 3.8) is 0 Å². The number of piperidine rings is 1. The number of hydrogen-bond donors (Lipinski definition) is 1. The minimum Gasteiger partial charge on any atom is -0.364 e. The Morgan fingerprint density at radius 3 is 2.88 bits per heavy atom. The Hall–Kier alpha value is -2.01. The fourth-order valence-corrected chi connectivity index (χ4v) is 3.29. The molecule has 24 heavy (non-hydrogen) atoms. The van der Waals surface area contributed by atoms with Crippen LogP contribution >= 0.6 is 0 Å². The zero-order valence-corrected chi connectivity index (χ0v) is 14.7. The molecule has 1 fully saturated rings. The van der Waals surface area contributed by atoms with Crippen LogP contribution in [0.4, 0.5) is 5.82 Å².